The van der Waals surface area contributed by atoms with Crippen LogP contribution in [0.4, 0.5) is 4.79 Å². The van der Waals surface area contributed by atoms with Crippen molar-refractivity contribution < 1.29 is 24.3 Å². The number of hydrogen-bond donors (Lipinski definition) is 3. The van der Waals surface area contributed by atoms with Gasteiger partial charge in [-0.15, -0.1) is 0 Å². The quantitative estimate of drug-likeness (QED) is 0.680. The Balaban J connectivity index is 2.14. The van der Waals surface area contributed by atoms with Crippen molar-refractivity contribution in [3.05, 3.63) is 35.4 Å². The summed E-state index contributed by atoms with van der Waals surface area (Å²) in [6, 6.07) is 5.70. The number of nitrogens with one attached hydrogen (secondary N) is 2. The third kappa shape index (κ3) is 3.22. The number of carboxylic acid groups (broad SMARTS) is 1. The van der Waals surface area contributed by atoms with Gasteiger partial charge in [-0.2, -0.15) is 0 Å². The summed E-state index contributed by atoms with van der Waals surface area (Å²) in [4.78, 5) is 47.7. The van der Waals surface area contributed by atoms with E-state index in [0.29, 0.717) is 11.1 Å². The van der Waals surface area contributed by atoms with Crippen molar-refractivity contribution >= 4 is 23.8 Å². The number of imide groups is 1. The molecule has 1 heterocycles. The first kappa shape index (κ1) is 17.5. The highest BCUT2D eigenvalue weighted by Crippen LogP contribution is 2.24. The second-order valence-corrected chi connectivity index (χ2v) is 6.04. The molecule has 1 saturated heterocycles. The Bertz CT molecular complexity index is 700. The van der Waals surface area contributed by atoms with E-state index < -0.39 is 29.4 Å². The van der Waals surface area contributed by atoms with Crippen molar-refractivity contribution in [2.45, 2.75) is 19.4 Å². The second-order valence-electron chi connectivity index (χ2n) is 6.04. The molecule has 0 saturated carbocycles. The Morgan fingerprint density at radius 3 is 2.29 bits per heavy atom. The highest BCUT2D eigenvalue weighted by molar-refractivity contribution is 6.07. The number of amides is 4. The number of carbonyl (C=O) groups is 4. The van der Waals surface area contributed by atoms with Crippen LogP contribution in [0, 0.1) is 5.92 Å². The first-order valence-corrected chi connectivity index (χ1v) is 7.37. The molecule has 1 aliphatic rings. The van der Waals surface area contributed by atoms with Crippen LogP contribution in [0.1, 0.15) is 29.8 Å². The van der Waals surface area contributed by atoms with Gasteiger partial charge in [-0.3, -0.25) is 19.7 Å². The van der Waals surface area contributed by atoms with Crippen LogP contribution in [0.15, 0.2) is 24.3 Å². The standard InChI is InChI=1S/C16H19N3O5/c1-9(13(21)22)8-19(3)12(20)10-4-6-11(7-5-10)16(2)14(23)17-15(24)18-16/h4-7,9H,8H2,1-3H3,(H,21,22)(H2,17,18,23,24). The average molecular weight is 333 g/mol. The lowest BCUT2D eigenvalue weighted by Gasteiger charge is -2.22. The Kier molecular flexibility index (Phi) is 4.59. The molecule has 2 unspecified atom stereocenters. The van der Waals surface area contributed by atoms with E-state index >= 15 is 0 Å². The van der Waals surface area contributed by atoms with Crippen LogP contribution in [-0.2, 0) is 15.1 Å². The lowest BCUT2D eigenvalue weighted by atomic mass is 9.91. The summed E-state index contributed by atoms with van der Waals surface area (Å²) in [5.74, 6) is -2.42. The molecule has 1 aliphatic heterocycles. The van der Waals surface area contributed by atoms with Crippen LogP contribution in [0.5, 0.6) is 0 Å². The minimum absolute atomic E-state index is 0.0894. The van der Waals surface area contributed by atoms with Crippen molar-refractivity contribution in [3.63, 3.8) is 0 Å². The summed E-state index contributed by atoms with van der Waals surface area (Å²) >= 11 is 0. The molecule has 0 aromatic heterocycles. The van der Waals surface area contributed by atoms with Crippen molar-refractivity contribution in [3.8, 4) is 0 Å². The molecule has 1 aromatic carbocycles. The zero-order valence-corrected chi connectivity index (χ0v) is 13.6. The fourth-order valence-corrected chi connectivity index (χ4v) is 2.48. The summed E-state index contributed by atoms with van der Waals surface area (Å²) in [6.45, 7) is 3.19. The molecule has 0 bridgehead atoms. The van der Waals surface area contributed by atoms with Gasteiger partial charge >= 0.3 is 12.0 Å². The molecule has 1 aromatic rings. The zero-order chi connectivity index (χ0) is 18.1. The molecule has 3 N–H and O–H groups in total. The van der Waals surface area contributed by atoms with E-state index in [9.17, 15) is 19.2 Å². The number of carbonyl (C=O) groups excluding carboxylic acids is 3. The summed E-state index contributed by atoms with van der Waals surface area (Å²) in [6.07, 6.45) is 0. The molecule has 24 heavy (non-hydrogen) atoms. The second kappa shape index (κ2) is 6.31. The van der Waals surface area contributed by atoms with Crippen molar-refractivity contribution in [1.29, 1.82) is 0 Å². The minimum Gasteiger partial charge on any atom is -0.481 e. The van der Waals surface area contributed by atoms with Crippen molar-refractivity contribution in [2.75, 3.05) is 13.6 Å². The molecule has 0 radical (unpaired) electrons. The third-order valence-electron chi connectivity index (χ3n) is 4.07. The topological polar surface area (TPSA) is 116 Å². The van der Waals surface area contributed by atoms with Gasteiger partial charge < -0.3 is 15.3 Å². The Hall–Kier alpha value is -2.90. The summed E-state index contributed by atoms with van der Waals surface area (Å²) in [5.41, 5.74) is -0.265. The van der Waals surface area contributed by atoms with Crippen LogP contribution < -0.4 is 10.6 Å². The van der Waals surface area contributed by atoms with Crippen LogP contribution in [-0.4, -0.2) is 47.4 Å². The highest BCUT2D eigenvalue weighted by Gasteiger charge is 2.43. The fourth-order valence-electron chi connectivity index (χ4n) is 2.48. The molecule has 128 valence electrons. The number of aliphatic carboxylic acids is 1. The van der Waals surface area contributed by atoms with E-state index in [2.05, 4.69) is 10.6 Å². The van der Waals surface area contributed by atoms with E-state index in [1.807, 2.05) is 0 Å². The van der Waals surface area contributed by atoms with Gasteiger partial charge in [0, 0.05) is 19.2 Å². The van der Waals surface area contributed by atoms with Gasteiger partial charge in [-0.05, 0) is 24.6 Å². The Morgan fingerprint density at radius 1 is 1.25 bits per heavy atom. The predicted octanol–water partition coefficient (Wildman–Crippen LogP) is 0.534. The molecule has 1 fully saturated rings. The average Bonchev–Trinajstić information content (AvgIpc) is 2.80. The highest BCUT2D eigenvalue weighted by atomic mass is 16.4. The molecular weight excluding hydrogens is 314 g/mol. The molecule has 2 atom stereocenters. The minimum atomic E-state index is -1.18. The monoisotopic (exact) mass is 333 g/mol. The summed E-state index contributed by atoms with van der Waals surface area (Å²) in [7, 11) is 1.53. The molecular formula is C16H19N3O5. The van der Waals surface area contributed by atoms with Gasteiger partial charge in [0.25, 0.3) is 11.8 Å². The number of nitrogens with zero attached hydrogens (tertiary/aromatic N) is 1. The summed E-state index contributed by atoms with van der Waals surface area (Å²) < 4.78 is 0. The number of hydrogen-bond acceptors (Lipinski definition) is 4. The van der Waals surface area contributed by atoms with Gasteiger partial charge in [0.05, 0.1) is 5.92 Å². The number of rotatable bonds is 5. The lowest BCUT2D eigenvalue weighted by molar-refractivity contribution is -0.141. The van der Waals surface area contributed by atoms with E-state index in [-0.39, 0.29) is 12.5 Å². The predicted molar refractivity (Wildman–Crippen MR) is 84.2 cm³/mol. The SMILES string of the molecule is CC(CN(C)C(=O)c1ccc(C2(C)NC(=O)NC2=O)cc1)C(=O)O. The van der Waals surface area contributed by atoms with E-state index in [1.54, 1.807) is 31.2 Å². The van der Waals surface area contributed by atoms with E-state index in [1.165, 1.54) is 18.9 Å². The lowest BCUT2D eigenvalue weighted by Crippen LogP contribution is -2.40. The number of carboxylic acids is 1. The van der Waals surface area contributed by atoms with Crippen LogP contribution >= 0.6 is 0 Å². The number of urea groups is 1. The van der Waals surface area contributed by atoms with Crippen LogP contribution in [0.3, 0.4) is 0 Å². The summed E-state index contributed by atoms with van der Waals surface area (Å²) in [5, 5.41) is 13.6. The molecule has 2 rings (SSSR count). The van der Waals surface area contributed by atoms with E-state index in [0.717, 1.165) is 0 Å². The van der Waals surface area contributed by atoms with Crippen molar-refractivity contribution in [2.24, 2.45) is 5.92 Å². The van der Waals surface area contributed by atoms with Gasteiger partial charge in [0.2, 0.25) is 0 Å². The van der Waals surface area contributed by atoms with Gasteiger partial charge in [-0.1, -0.05) is 19.1 Å². The van der Waals surface area contributed by atoms with Gasteiger partial charge in [-0.25, -0.2) is 4.79 Å². The van der Waals surface area contributed by atoms with Crippen LogP contribution in [0.2, 0.25) is 0 Å². The molecule has 8 nitrogen and oxygen atoms in total. The smallest absolute Gasteiger partial charge is 0.322 e. The van der Waals surface area contributed by atoms with Crippen LogP contribution in [0.25, 0.3) is 0 Å². The normalized spacial score (nSPS) is 21.0. The fraction of sp³-hybridized carbons (Fsp3) is 0.375. The first-order chi connectivity index (χ1) is 11.1. The molecule has 0 aliphatic carbocycles. The maximum Gasteiger partial charge on any atom is 0.322 e. The maximum absolute atomic E-state index is 12.3. The van der Waals surface area contributed by atoms with E-state index in [4.69, 9.17) is 5.11 Å². The van der Waals surface area contributed by atoms with Gasteiger partial charge in [0.15, 0.2) is 0 Å². The maximum atomic E-state index is 12.3. The molecule has 8 heteroatoms. The van der Waals surface area contributed by atoms with Crippen molar-refractivity contribution in [1.82, 2.24) is 15.5 Å². The number of benzene rings is 1. The molecule has 4 amide bonds. The molecule has 0 spiro atoms. The Labute approximate surface area is 138 Å². The zero-order valence-electron chi connectivity index (χ0n) is 13.6. The van der Waals surface area contributed by atoms with Gasteiger partial charge in [0.1, 0.15) is 5.54 Å². The third-order valence-corrected chi connectivity index (χ3v) is 4.07. The Morgan fingerprint density at radius 2 is 1.83 bits per heavy atom. The largest absolute Gasteiger partial charge is 0.481 e. The first-order valence-electron chi connectivity index (χ1n) is 7.37.